The number of aromatic nitrogens is 1. The van der Waals surface area contributed by atoms with Crippen LogP contribution in [0.15, 0.2) is 30.3 Å². The number of thiazole rings is 1. The highest BCUT2D eigenvalue weighted by Crippen LogP contribution is 2.34. The van der Waals surface area contributed by atoms with Gasteiger partial charge in [-0.05, 0) is 37.3 Å². The van der Waals surface area contributed by atoms with Gasteiger partial charge in [-0.15, -0.1) is 0 Å². The van der Waals surface area contributed by atoms with Crippen LogP contribution >= 0.6 is 34.5 Å². The van der Waals surface area contributed by atoms with Gasteiger partial charge in [-0.3, -0.25) is 10.1 Å². The molecule has 0 bridgehead atoms. The predicted molar refractivity (Wildman–Crippen MR) is 102 cm³/mol. The number of fused-ring (bicyclic) bond motifs is 1. The lowest BCUT2D eigenvalue weighted by Crippen LogP contribution is -2.13. The Kier molecular flexibility index (Phi) is 5.32. The highest BCUT2D eigenvalue weighted by Gasteiger charge is 2.18. The van der Waals surface area contributed by atoms with Crippen molar-refractivity contribution in [1.82, 2.24) is 4.98 Å². The second kappa shape index (κ2) is 7.47. The number of carbonyl (C=O) groups is 1. The molecule has 0 aliphatic rings. The number of nitrogens with one attached hydrogen (secondary N) is 1. The van der Waals surface area contributed by atoms with Crippen molar-refractivity contribution in [2.45, 2.75) is 6.92 Å². The van der Waals surface area contributed by atoms with Crippen LogP contribution in [0.25, 0.3) is 10.2 Å². The molecule has 0 radical (unpaired) electrons. The topological polar surface area (TPSA) is 60.5 Å². The number of anilines is 1. The predicted octanol–water partition coefficient (Wildman–Crippen LogP) is 5.26. The van der Waals surface area contributed by atoms with E-state index in [-0.39, 0.29) is 16.3 Å². The molecule has 0 aliphatic heterocycles. The zero-order valence-corrected chi connectivity index (χ0v) is 15.8. The normalized spacial score (nSPS) is 10.7. The summed E-state index contributed by atoms with van der Waals surface area (Å²) in [7, 11) is 1.44. The minimum Gasteiger partial charge on any atom is -0.494 e. The molecule has 3 rings (SSSR count). The summed E-state index contributed by atoms with van der Waals surface area (Å²) in [6.45, 7) is 2.51. The molecule has 1 N–H and O–H groups in total. The second-order valence-electron chi connectivity index (χ2n) is 5.00. The second-order valence-corrected chi connectivity index (χ2v) is 6.88. The number of carbonyl (C=O) groups excluding carboxylic acids is 1. The summed E-state index contributed by atoms with van der Waals surface area (Å²) in [6, 6.07) is 8.61. The minimum absolute atomic E-state index is 0.245. The Labute approximate surface area is 158 Å². The van der Waals surface area contributed by atoms with Crippen LogP contribution in [0.1, 0.15) is 17.3 Å². The van der Waals surface area contributed by atoms with Crippen LogP contribution in [-0.2, 0) is 0 Å². The first kappa shape index (κ1) is 17.8. The molecular weight excluding hydrogens is 383 g/mol. The number of halogens is 2. The number of hydrogen-bond acceptors (Lipinski definition) is 5. The maximum Gasteiger partial charge on any atom is 0.261 e. The number of nitrogens with zero attached hydrogens (tertiary/aromatic N) is 1. The summed E-state index contributed by atoms with van der Waals surface area (Å²) in [4.78, 5) is 17.0. The van der Waals surface area contributed by atoms with Crippen LogP contribution in [0.3, 0.4) is 0 Å². The minimum atomic E-state index is -0.398. The van der Waals surface area contributed by atoms with Crippen LogP contribution in [0.2, 0.25) is 10.0 Å². The maximum atomic E-state index is 12.6. The molecule has 0 fully saturated rings. The van der Waals surface area contributed by atoms with Crippen molar-refractivity contribution in [3.63, 3.8) is 0 Å². The Morgan fingerprint density at radius 1 is 1.28 bits per heavy atom. The van der Waals surface area contributed by atoms with Gasteiger partial charge in [0.05, 0.1) is 34.5 Å². The van der Waals surface area contributed by atoms with Gasteiger partial charge in [0.1, 0.15) is 11.5 Å². The quantitative estimate of drug-likeness (QED) is 0.638. The maximum absolute atomic E-state index is 12.6. The summed E-state index contributed by atoms with van der Waals surface area (Å²) in [6.07, 6.45) is 0. The zero-order chi connectivity index (χ0) is 18.0. The van der Waals surface area contributed by atoms with Gasteiger partial charge in [0.15, 0.2) is 5.13 Å². The molecule has 0 saturated heterocycles. The van der Waals surface area contributed by atoms with Gasteiger partial charge in [-0.25, -0.2) is 4.98 Å². The Bertz CT molecular complexity index is 943. The summed E-state index contributed by atoms with van der Waals surface area (Å²) in [5, 5.41) is 3.84. The summed E-state index contributed by atoms with van der Waals surface area (Å²) < 4.78 is 11.6. The Balaban J connectivity index is 1.89. The zero-order valence-electron chi connectivity index (χ0n) is 13.4. The molecule has 2 aromatic carbocycles. The molecule has 25 heavy (non-hydrogen) atoms. The van der Waals surface area contributed by atoms with E-state index in [0.29, 0.717) is 16.8 Å². The molecule has 0 saturated carbocycles. The van der Waals surface area contributed by atoms with Gasteiger partial charge >= 0.3 is 0 Å². The molecule has 8 heteroatoms. The van der Waals surface area contributed by atoms with Crippen molar-refractivity contribution in [3.05, 3.63) is 45.9 Å². The third kappa shape index (κ3) is 3.81. The molecule has 1 aromatic heterocycles. The van der Waals surface area contributed by atoms with Crippen molar-refractivity contribution >= 4 is 55.8 Å². The SMILES string of the molecule is CCOc1ccc2nc(NC(=O)c3cc(Cl)cc(Cl)c3OC)sc2c1. The van der Waals surface area contributed by atoms with Gasteiger partial charge in [0.25, 0.3) is 5.91 Å². The molecule has 130 valence electrons. The number of rotatable bonds is 5. The smallest absolute Gasteiger partial charge is 0.261 e. The molecule has 3 aromatic rings. The fraction of sp³-hybridized carbons (Fsp3) is 0.176. The van der Waals surface area contributed by atoms with Crippen molar-refractivity contribution < 1.29 is 14.3 Å². The van der Waals surface area contributed by atoms with E-state index in [0.717, 1.165) is 16.0 Å². The summed E-state index contributed by atoms with van der Waals surface area (Å²) in [5.41, 5.74) is 1.02. The van der Waals surface area contributed by atoms with E-state index in [1.807, 2.05) is 25.1 Å². The molecule has 1 heterocycles. The standard InChI is InChI=1S/C17H14Cl2N2O3S/c1-3-24-10-4-5-13-14(8-10)25-17(20-13)21-16(22)11-6-9(18)7-12(19)15(11)23-2/h4-8H,3H2,1-2H3,(H,20,21,22). The highest BCUT2D eigenvalue weighted by molar-refractivity contribution is 7.22. The van der Waals surface area contributed by atoms with Crippen molar-refractivity contribution in [3.8, 4) is 11.5 Å². The average molecular weight is 397 g/mol. The van der Waals surface area contributed by atoms with Gasteiger partial charge < -0.3 is 9.47 Å². The molecule has 0 atom stereocenters. The fourth-order valence-electron chi connectivity index (χ4n) is 2.32. The third-order valence-electron chi connectivity index (χ3n) is 3.35. The van der Waals surface area contributed by atoms with E-state index in [2.05, 4.69) is 10.3 Å². The fourth-order valence-corrected chi connectivity index (χ4v) is 3.78. The van der Waals surface area contributed by atoms with Gasteiger partial charge in [-0.1, -0.05) is 34.5 Å². The lowest BCUT2D eigenvalue weighted by molar-refractivity contribution is 0.102. The third-order valence-corrected chi connectivity index (χ3v) is 4.78. The first-order chi connectivity index (χ1) is 12.0. The van der Waals surface area contributed by atoms with Crippen molar-refractivity contribution in [1.29, 1.82) is 0 Å². The van der Waals surface area contributed by atoms with Crippen LogP contribution in [0, 0.1) is 0 Å². The van der Waals surface area contributed by atoms with E-state index >= 15 is 0 Å². The van der Waals surface area contributed by atoms with Gasteiger partial charge in [0, 0.05) is 5.02 Å². The molecule has 0 spiro atoms. The largest absolute Gasteiger partial charge is 0.494 e. The summed E-state index contributed by atoms with van der Waals surface area (Å²) in [5.74, 6) is 0.633. The van der Waals surface area contributed by atoms with Crippen LogP contribution < -0.4 is 14.8 Å². The van der Waals surface area contributed by atoms with E-state index in [1.54, 1.807) is 0 Å². The molecule has 5 nitrogen and oxygen atoms in total. The first-order valence-corrected chi connectivity index (χ1v) is 8.96. The lowest BCUT2D eigenvalue weighted by atomic mass is 10.2. The number of hydrogen-bond donors (Lipinski definition) is 1. The number of amides is 1. The number of benzene rings is 2. The average Bonchev–Trinajstić information content (AvgIpc) is 2.96. The number of ether oxygens (including phenoxy) is 2. The van der Waals surface area contributed by atoms with E-state index in [1.165, 1.54) is 30.6 Å². The molecule has 0 unspecified atom stereocenters. The lowest BCUT2D eigenvalue weighted by Gasteiger charge is -2.10. The van der Waals surface area contributed by atoms with Gasteiger partial charge in [0.2, 0.25) is 0 Å². The highest BCUT2D eigenvalue weighted by atomic mass is 35.5. The van der Waals surface area contributed by atoms with E-state index in [4.69, 9.17) is 32.7 Å². The van der Waals surface area contributed by atoms with E-state index < -0.39 is 5.91 Å². The van der Waals surface area contributed by atoms with Crippen LogP contribution in [0.4, 0.5) is 5.13 Å². The van der Waals surface area contributed by atoms with E-state index in [9.17, 15) is 4.79 Å². The Morgan fingerprint density at radius 2 is 2.08 bits per heavy atom. The Morgan fingerprint density at radius 3 is 2.80 bits per heavy atom. The van der Waals surface area contributed by atoms with Crippen LogP contribution in [-0.4, -0.2) is 24.6 Å². The molecule has 1 amide bonds. The molecule has 0 aliphatic carbocycles. The monoisotopic (exact) mass is 396 g/mol. The van der Waals surface area contributed by atoms with Gasteiger partial charge in [-0.2, -0.15) is 0 Å². The van der Waals surface area contributed by atoms with Crippen molar-refractivity contribution in [2.24, 2.45) is 0 Å². The molecular formula is C17H14Cl2N2O3S. The van der Waals surface area contributed by atoms with Crippen molar-refractivity contribution in [2.75, 3.05) is 19.0 Å². The first-order valence-electron chi connectivity index (χ1n) is 7.39. The summed E-state index contributed by atoms with van der Waals surface area (Å²) >= 11 is 13.4. The Hall–Kier alpha value is -2.02. The number of methoxy groups -OCH3 is 1. The van der Waals surface area contributed by atoms with Crippen LogP contribution in [0.5, 0.6) is 11.5 Å².